The first-order valence-electron chi connectivity index (χ1n) is 8.91. The van der Waals surface area contributed by atoms with Crippen LogP contribution in [0.5, 0.6) is 23.0 Å². The van der Waals surface area contributed by atoms with E-state index >= 15 is 0 Å². The molecule has 6 heteroatoms. The molecule has 0 amide bonds. The van der Waals surface area contributed by atoms with Crippen molar-refractivity contribution in [3.05, 3.63) is 47.5 Å². The van der Waals surface area contributed by atoms with Crippen LogP contribution >= 0.6 is 0 Å². The van der Waals surface area contributed by atoms with Gasteiger partial charge in [0.25, 0.3) is 0 Å². The summed E-state index contributed by atoms with van der Waals surface area (Å²) in [7, 11) is 6.62. The van der Waals surface area contributed by atoms with Crippen LogP contribution in [0.4, 0.5) is 0 Å². The van der Waals surface area contributed by atoms with Crippen LogP contribution in [0.25, 0.3) is 0 Å². The fourth-order valence-electron chi connectivity index (χ4n) is 3.27. The van der Waals surface area contributed by atoms with Gasteiger partial charge in [-0.3, -0.25) is 9.48 Å². The summed E-state index contributed by atoms with van der Waals surface area (Å²) >= 11 is 0. The van der Waals surface area contributed by atoms with E-state index in [1.807, 2.05) is 24.3 Å². The summed E-state index contributed by atoms with van der Waals surface area (Å²) in [6.07, 6.45) is 2.19. The highest BCUT2D eigenvalue weighted by atomic mass is 16.5. The summed E-state index contributed by atoms with van der Waals surface area (Å²) in [4.78, 5) is 2.31. The lowest BCUT2D eigenvalue weighted by Gasteiger charge is -2.11. The van der Waals surface area contributed by atoms with E-state index in [1.165, 1.54) is 11.1 Å². The molecule has 144 valence electrons. The molecule has 1 aliphatic rings. The highest BCUT2D eigenvalue weighted by Crippen LogP contribution is 2.29. The van der Waals surface area contributed by atoms with Gasteiger partial charge in [0.05, 0.1) is 28.4 Å². The average molecular weight is 371 g/mol. The molecule has 0 bridgehead atoms. The van der Waals surface area contributed by atoms with Gasteiger partial charge in [0.2, 0.25) is 6.34 Å². The Morgan fingerprint density at radius 2 is 1.33 bits per heavy atom. The Morgan fingerprint density at radius 1 is 0.778 bits per heavy atom. The summed E-state index contributed by atoms with van der Waals surface area (Å²) in [5, 5.41) is 0. The molecule has 27 heavy (non-hydrogen) atoms. The van der Waals surface area contributed by atoms with E-state index in [1.54, 1.807) is 28.4 Å². The molecule has 2 aromatic carbocycles. The summed E-state index contributed by atoms with van der Waals surface area (Å²) in [6, 6.07) is 12.1. The predicted octanol–water partition coefficient (Wildman–Crippen LogP) is 2.78. The second-order valence-corrected chi connectivity index (χ2v) is 6.44. The third-order valence-electron chi connectivity index (χ3n) is 4.67. The molecule has 2 aromatic rings. The van der Waals surface area contributed by atoms with Gasteiger partial charge in [-0.05, 0) is 35.4 Å². The van der Waals surface area contributed by atoms with Crippen LogP contribution in [0, 0.1) is 0 Å². The number of hydrogen-bond donors (Lipinski definition) is 0. The minimum absolute atomic E-state index is 0.752. The predicted molar refractivity (Wildman–Crippen MR) is 104 cm³/mol. The van der Waals surface area contributed by atoms with Crippen LogP contribution < -0.4 is 18.9 Å². The van der Waals surface area contributed by atoms with Crippen molar-refractivity contribution in [3.63, 3.8) is 0 Å². The topological polar surface area (TPSA) is 43.2 Å². The Bertz CT molecular complexity index is 820. The summed E-state index contributed by atoms with van der Waals surface area (Å²) in [5.41, 5.74) is 2.38. The summed E-state index contributed by atoms with van der Waals surface area (Å²) < 4.78 is 23.7. The molecule has 6 nitrogen and oxygen atoms in total. The number of ether oxygens (including phenoxy) is 4. The van der Waals surface area contributed by atoms with Gasteiger partial charge >= 0.3 is 0 Å². The zero-order valence-corrected chi connectivity index (χ0v) is 16.4. The zero-order valence-electron chi connectivity index (χ0n) is 16.4. The Labute approximate surface area is 160 Å². The van der Waals surface area contributed by atoms with Gasteiger partial charge in [0, 0.05) is 0 Å². The van der Waals surface area contributed by atoms with E-state index in [0.29, 0.717) is 0 Å². The van der Waals surface area contributed by atoms with Crippen molar-refractivity contribution in [2.75, 3.05) is 41.5 Å². The van der Waals surface area contributed by atoms with Gasteiger partial charge in [-0.15, -0.1) is 0 Å². The van der Waals surface area contributed by atoms with Crippen molar-refractivity contribution in [2.24, 2.45) is 0 Å². The summed E-state index contributed by atoms with van der Waals surface area (Å²) in [5.74, 6) is 3.02. The molecular weight excluding hydrogens is 344 g/mol. The third kappa shape index (κ3) is 4.45. The lowest BCUT2D eigenvalue weighted by Crippen LogP contribution is -2.18. The standard InChI is InChI=1S/C21H27N2O4/c1-24-18-7-5-16(11-20(18)26-3)13-22-9-10-23(15-22)14-17-6-8-19(25-2)21(12-17)27-4/h5-8,11-12,15H,9-10,13-14H2,1-4H3/q+1. The van der Waals surface area contributed by atoms with E-state index in [0.717, 1.165) is 49.2 Å². The maximum atomic E-state index is 5.40. The Morgan fingerprint density at radius 3 is 1.93 bits per heavy atom. The number of rotatable bonds is 8. The largest absolute Gasteiger partial charge is 0.493 e. The zero-order chi connectivity index (χ0) is 19.2. The van der Waals surface area contributed by atoms with Crippen LogP contribution in [0.1, 0.15) is 11.1 Å². The van der Waals surface area contributed by atoms with Gasteiger partial charge in [0.15, 0.2) is 23.0 Å². The first-order chi connectivity index (χ1) is 13.2. The molecule has 3 rings (SSSR count). The fourth-order valence-corrected chi connectivity index (χ4v) is 3.27. The molecule has 0 aromatic heterocycles. The quantitative estimate of drug-likeness (QED) is 0.668. The van der Waals surface area contributed by atoms with E-state index in [4.69, 9.17) is 18.9 Å². The van der Waals surface area contributed by atoms with Crippen LogP contribution in [-0.4, -0.2) is 57.3 Å². The van der Waals surface area contributed by atoms with Gasteiger partial charge in [-0.1, -0.05) is 12.1 Å². The van der Waals surface area contributed by atoms with E-state index < -0.39 is 0 Å². The Balaban J connectivity index is 1.66. The van der Waals surface area contributed by atoms with Crippen molar-refractivity contribution in [2.45, 2.75) is 13.1 Å². The maximum absolute atomic E-state index is 5.40. The van der Waals surface area contributed by atoms with E-state index in [-0.39, 0.29) is 0 Å². The van der Waals surface area contributed by atoms with Gasteiger partial charge < -0.3 is 18.9 Å². The minimum atomic E-state index is 0.752. The van der Waals surface area contributed by atoms with Crippen LogP contribution in [-0.2, 0) is 13.1 Å². The highest BCUT2D eigenvalue weighted by molar-refractivity contribution is 5.52. The number of hydrogen-bond acceptors (Lipinski definition) is 5. The highest BCUT2D eigenvalue weighted by Gasteiger charge is 2.20. The van der Waals surface area contributed by atoms with Crippen molar-refractivity contribution in [3.8, 4) is 23.0 Å². The van der Waals surface area contributed by atoms with Gasteiger partial charge in [-0.25, -0.2) is 0 Å². The van der Waals surface area contributed by atoms with Gasteiger partial charge in [0.1, 0.15) is 26.2 Å². The van der Waals surface area contributed by atoms with Crippen molar-refractivity contribution < 1.29 is 23.5 Å². The Kier molecular flexibility index (Phi) is 6.06. The smallest absolute Gasteiger partial charge is 0.234 e. The van der Waals surface area contributed by atoms with E-state index in [9.17, 15) is 0 Å². The van der Waals surface area contributed by atoms with Crippen LogP contribution in [0.2, 0.25) is 0 Å². The molecule has 1 aliphatic heterocycles. The molecule has 0 unspecified atom stereocenters. The number of benzene rings is 2. The van der Waals surface area contributed by atoms with Gasteiger partial charge in [-0.2, -0.15) is 0 Å². The molecule has 0 aliphatic carbocycles. The molecule has 0 saturated heterocycles. The lowest BCUT2D eigenvalue weighted by atomic mass is 10.2. The lowest BCUT2D eigenvalue weighted by molar-refractivity contribution is -0.530. The Hall–Kier alpha value is -2.89. The molecule has 0 saturated carbocycles. The number of methoxy groups -OCH3 is 4. The van der Waals surface area contributed by atoms with Crippen molar-refractivity contribution in [1.82, 2.24) is 4.90 Å². The average Bonchev–Trinajstić information content (AvgIpc) is 3.14. The third-order valence-corrected chi connectivity index (χ3v) is 4.67. The second kappa shape index (κ2) is 8.66. The first kappa shape index (κ1) is 18.9. The molecule has 0 radical (unpaired) electrons. The van der Waals surface area contributed by atoms with Crippen LogP contribution in [0.15, 0.2) is 36.4 Å². The molecule has 1 heterocycles. The van der Waals surface area contributed by atoms with Crippen molar-refractivity contribution in [1.29, 1.82) is 0 Å². The van der Waals surface area contributed by atoms with Crippen LogP contribution in [0.3, 0.4) is 0 Å². The normalized spacial score (nSPS) is 13.3. The maximum Gasteiger partial charge on any atom is 0.234 e. The molecule has 0 atom stereocenters. The fraction of sp³-hybridized carbons (Fsp3) is 0.381. The molecule has 0 spiro atoms. The SMILES string of the molecule is COc1ccc(CN2C=[N+](Cc3ccc(OC)c(OC)c3)CC2)cc1OC. The molecule has 0 N–H and O–H groups in total. The second-order valence-electron chi connectivity index (χ2n) is 6.44. The van der Waals surface area contributed by atoms with E-state index in [2.05, 4.69) is 27.9 Å². The van der Waals surface area contributed by atoms with Crippen molar-refractivity contribution >= 4 is 6.34 Å². The summed E-state index contributed by atoms with van der Waals surface area (Å²) in [6.45, 7) is 3.65. The molecule has 0 fully saturated rings. The number of nitrogens with zero attached hydrogens (tertiary/aromatic N) is 2. The molecular formula is C21H27N2O4+. The first-order valence-corrected chi connectivity index (χ1v) is 8.91. The monoisotopic (exact) mass is 371 g/mol. The minimum Gasteiger partial charge on any atom is -0.493 e.